The van der Waals surface area contributed by atoms with Crippen molar-refractivity contribution in [2.75, 3.05) is 5.32 Å². The lowest BCUT2D eigenvalue weighted by molar-refractivity contribution is -0.114. The van der Waals surface area contributed by atoms with E-state index in [1.807, 2.05) is 12.1 Å². The molecule has 2 N–H and O–H groups in total. The summed E-state index contributed by atoms with van der Waals surface area (Å²) in [6.45, 7) is 1.77. The first-order chi connectivity index (χ1) is 12.5. The lowest BCUT2D eigenvalue weighted by Crippen LogP contribution is -2.25. The van der Waals surface area contributed by atoms with E-state index in [0.717, 1.165) is 5.56 Å². The van der Waals surface area contributed by atoms with E-state index in [1.54, 1.807) is 28.8 Å². The second-order valence-electron chi connectivity index (χ2n) is 5.69. The predicted octanol–water partition coefficient (Wildman–Crippen LogP) is 2.90. The zero-order valence-corrected chi connectivity index (χ0v) is 14.1. The normalized spacial score (nSPS) is 10.4. The fraction of sp³-hybridized carbons (Fsp3) is 0.105. The van der Waals surface area contributed by atoms with Crippen molar-refractivity contribution in [3.05, 3.63) is 78.1 Å². The van der Waals surface area contributed by atoms with Crippen LogP contribution in [0.25, 0.3) is 5.69 Å². The van der Waals surface area contributed by atoms with Gasteiger partial charge in [-0.3, -0.25) is 14.2 Å². The Kier molecular flexibility index (Phi) is 5.07. The van der Waals surface area contributed by atoms with Crippen LogP contribution in [0.4, 0.5) is 10.1 Å². The summed E-state index contributed by atoms with van der Waals surface area (Å²) in [5, 5.41) is 5.51. The van der Waals surface area contributed by atoms with Gasteiger partial charge in [-0.25, -0.2) is 9.37 Å². The predicted molar refractivity (Wildman–Crippen MR) is 95.4 cm³/mol. The summed E-state index contributed by atoms with van der Waals surface area (Å²) in [5.41, 5.74) is 2.59. The van der Waals surface area contributed by atoms with Gasteiger partial charge in [0, 0.05) is 24.8 Å². The Morgan fingerprint density at radius 3 is 2.42 bits per heavy atom. The molecular weight excluding hydrogens is 335 g/mol. The van der Waals surface area contributed by atoms with Gasteiger partial charge in [0.25, 0.3) is 5.91 Å². The van der Waals surface area contributed by atoms with Gasteiger partial charge in [0.15, 0.2) is 0 Å². The van der Waals surface area contributed by atoms with Crippen LogP contribution in [-0.4, -0.2) is 21.4 Å². The highest BCUT2D eigenvalue weighted by molar-refractivity contribution is 5.93. The maximum atomic E-state index is 13.1. The van der Waals surface area contributed by atoms with Crippen molar-refractivity contribution in [2.45, 2.75) is 13.5 Å². The molecule has 1 aromatic heterocycles. The van der Waals surface area contributed by atoms with Crippen LogP contribution < -0.4 is 10.6 Å². The molecule has 0 atom stereocenters. The quantitative estimate of drug-likeness (QED) is 0.741. The molecule has 2 amide bonds. The lowest BCUT2D eigenvalue weighted by atomic mass is 10.2. The minimum absolute atomic E-state index is 0.139. The van der Waals surface area contributed by atoms with Crippen molar-refractivity contribution in [2.24, 2.45) is 0 Å². The second kappa shape index (κ2) is 7.60. The summed E-state index contributed by atoms with van der Waals surface area (Å²) in [4.78, 5) is 27.5. The maximum absolute atomic E-state index is 13.1. The van der Waals surface area contributed by atoms with E-state index in [2.05, 4.69) is 15.6 Å². The highest BCUT2D eigenvalue weighted by atomic mass is 19.1. The van der Waals surface area contributed by atoms with E-state index in [0.29, 0.717) is 23.6 Å². The van der Waals surface area contributed by atoms with Crippen LogP contribution in [0.2, 0.25) is 0 Å². The Hall–Kier alpha value is -3.48. The molecule has 0 radical (unpaired) electrons. The molecule has 2 aromatic carbocycles. The third-order valence-electron chi connectivity index (χ3n) is 3.70. The van der Waals surface area contributed by atoms with Crippen molar-refractivity contribution in [3.8, 4) is 5.69 Å². The molecule has 0 spiro atoms. The second-order valence-corrected chi connectivity index (χ2v) is 5.69. The summed E-state index contributed by atoms with van der Waals surface area (Å²) in [7, 11) is 0. The largest absolute Gasteiger partial charge is 0.347 e. The van der Waals surface area contributed by atoms with Gasteiger partial charge in [0.1, 0.15) is 11.5 Å². The van der Waals surface area contributed by atoms with Gasteiger partial charge < -0.3 is 10.6 Å². The molecule has 0 aliphatic heterocycles. The van der Waals surface area contributed by atoms with Crippen molar-refractivity contribution < 1.29 is 14.0 Å². The Labute approximate surface area is 149 Å². The number of nitrogens with one attached hydrogen (secondary N) is 2. The first kappa shape index (κ1) is 17.3. The number of benzene rings is 2. The monoisotopic (exact) mass is 352 g/mol. The van der Waals surface area contributed by atoms with Gasteiger partial charge in [-0.1, -0.05) is 12.1 Å². The van der Waals surface area contributed by atoms with E-state index in [9.17, 15) is 14.0 Å². The van der Waals surface area contributed by atoms with Crippen molar-refractivity contribution in [3.63, 3.8) is 0 Å². The topological polar surface area (TPSA) is 76.0 Å². The van der Waals surface area contributed by atoms with Crippen molar-refractivity contribution in [1.82, 2.24) is 14.9 Å². The molecule has 0 saturated heterocycles. The number of imidazole rings is 1. The summed E-state index contributed by atoms with van der Waals surface area (Å²) >= 11 is 0. The fourth-order valence-electron chi connectivity index (χ4n) is 2.45. The number of hydrogen-bond donors (Lipinski definition) is 2. The number of carbonyl (C=O) groups excluding carboxylic acids is 2. The Morgan fingerprint density at radius 1 is 1.08 bits per heavy atom. The molecule has 0 bridgehead atoms. The van der Waals surface area contributed by atoms with Gasteiger partial charge in [-0.05, 0) is 42.0 Å². The third-order valence-corrected chi connectivity index (χ3v) is 3.70. The zero-order valence-electron chi connectivity index (χ0n) is 14.1. The number of halogens is 1. The summed E-state index contributed by atoms with van der Waals surface area (Å²) in [6.07, 6.45) is 2.96. The van der Waals surface area contributed by atoms with Gasteiger partial charge in [-0.2, -0.15) is 0 Å². The smallest absolute Gasteiger partial charge is 0.270 e. The average molecular weight is 352 g/mol. The summed E-state index contributed by atoms with van der Waals surface area (Å²) in [6, 6.07) is 13.0. The number of anilines is 1. The minimum atomic E-state index is -0.345. The molecule has 7 heteroatoms. The lowest BCUT2D eigenvalue weighted by Gasteiger charge is -2.09. The van der Waals surface area contributed by atoms with Gasteiger partial charge in [0.2, 0.25) is 5.91 Å². The summed E-state index contributed by atoms with van der Waals surface area (Å²) in [5.74, 6) is -0.777. The number of amides is 2. The van der Waals surface area contributed by atoms with E-state index in [1.165, 1.54) is 31.6 Å². The number of rotatable bonds is 5. The maximum Gasteiger partial charge on any atom is 0.270 e. The number of carbonyl (C=O) groups is 2. The Bertz CT molecular complexity index is 917. The molecule has 0 saturated carbocycles. The number of hydrogen-bond acceptors (Lipinski definition) is 3. The molecule has 1 heterocycles. The molecule has 3 aromatic rings. The molecule has 6 nitrogen and oxygen atoms in total. The van der Waals surface area contributed by atoms with Gasteiger partial charge in [-0.15, -0.1) is 0 Å². The van der Waals surface area contributed by atoms with Crippen molar-refractivity contribution >= 4 is 17.5 Å². The third kappa shape index (κ3) is 4.13. The SMILES string of the molecule is CC(=O)Nc1ccc(CNC(=O)c2cncn2-c2ccc(F)cc2)cc1. The minimum Gasteiger partial charge on any atom is -0.347 e. The van der Waals surface area contributed by atoms with E-state index in [-0.39, 0.29) is 17.6 Å². The van der Waals surface area contributed by atoms with Crippen LogP contribution in [0.5, 0.6) is 0 Å². The Balaban J connectivity index is 1.67. The van der Waals surface area contributed by atoms with E-state index >= 15 is 0 Å². The average Bonchev–Trinajstić information content (AvgIpc) is 3.11. The van der Waals surface area contributed by atoms with Crippen LogP contribution >= 0.6 is 0 Å². The first-order valence-corrected chi connectivity index (χ1v) is 7.96. The van der Waals surface area contributed by atoms with Crippen LogP contribution in [-0.2, 0) is 11.3 Å². The standard InChI is InChI=1S/C19H17FN4O2/c1-13(25)23-16-6-2-14(3-7-16)10-22-19(26)18-11-21-12-24(18)17-8-4-15(20)5-9-17/h2-9,11-12H,10H2,1H3,(H,22,26)(H,23,25). The van der Waals surface area contributed by atoms with Gasteiger partial charge in [0.05, 0.1) is 12.5 Å². The van der Waals surface area contributed by atoms with Crippen molar-refractivity contribution in [1.29, 1.82) is 0 Å². The fourth-order valence-corrected chi connectivity index (χ4v) is 2.45. The molecule has 132 valence electrons. The molecule has 3 rings (SSSR count). The molecule has 0 unspecified atom stereocenters. The highest BCUT2D eigenvalue weighted by Crippen LogP contribution is 2.13. The van der Waals surface area contributed by atoms with Crippen LogP contribution in [0, 0.1) is 5.82 Å². The number of nitrogens with zero attached hydrogens (tertiary/aromatic N) is 2. The molecule has 0 aliphatic rings. The Morgan fingerprint density at radius 2 is 1.77 bits per heavy atom. The van der Waals surface area contributed by atoms with E-state index in [4.69, 9.17) is 0 Å². The molecule has 26 heavy (non-hydrogen) atoms. The number of aromatic nitrogens is 2. The zero-order chi connectivity index (χ0) is 18.5. The van der Waals surface area contributed by atoms with Crippen LogP contribution in [0.1, 0.15) is 23.0 Å². The molecular formula is C19H17FN4O2. The van der Waals surface area contributed by atoms with Gasteiger partial charge >= 0.3 is 0 Å². The first-order valence-electron chi connectivity index (χ1n) is 7.96. The molecule has 0 fully saturated rings. The van der Waals surface area contributed by atoms with Crippen LogP contribution in [0.3, 0.4) is 0 Å². The van der Waals surface area contributed by atoms with E-state index < -0.39 is 0 Å². The molecule has 0 aliphatic carbocycles. The highest BCUT2D eigenvalue weighted by Gasteiger charge is 2.13. The van der Waals surface area contributed by atoms with Crippen LogP contribution in [0.15, 0.2) is 61.1 Å². The summed E-state index contributed by atoms with van der Waals surface area (Å²) < 4.78 is 14.7.